The number of hydrogen-bond acceptors (Lipinski definition) is 4. The number of halogens is 4. The summed E-state index contributed by atoms with van der Waals surface area (Å²) in [5.74, 6) is 0. The van der Waals surface area contributed by atoms with Gasteiger partial charge in [0.05, 0.1) is 10.5 Å². The first-order valence-electron chi connectivity index (χ1n) is 7.49. The smallest absolute Gasteiger partial charge is 0.323 e. The van der Waals surface area contributed by atoms with Crippen LogP contribution in [0, 0.1) is 0 Å². The molecule has 6 nitrogen and oxygen atoms in total. The van der Waals surface area contributed by atoms with Crippen molar-refractivity contribution in [3.8, 4) is 0 Å². The molecule has 2 aromatic rings. The maximum Gasteiger partial charge on any atom is 0.417 e. The zero-order valence-corrected chi connectivity index (χ0v) is 15.4. The van der Waals surface area contributed by atoms with Gasteiger partial charge in [-0.1, -0.05) is 11.6 Å². The molecule has 0 N–H and O–H groups in total. The maximum atomic E-state index is 13.2. The van der Waals surface area contributed by atoms with Crippen molar-refractivity contribution in [2.75, 3.05) is 13.1 Å². The standard InChI is InChI=1S/C15H15ClF3N3O3S/c1-3-21(4-2)14(23)22-8-7-13(20-22)26(24,25)12-6-5-10(16)9-11(12)15(17,18)19/h5-9H,3-4H2,1-2H3. The fourth-order valence-corrected chi connectivity index (χ4v) is 3.81. The van der Waals surface area contributed by atoms with Crippen LogP contribution in [0.3, 0.4) is 0 Å². The zero-order chi connectivity index (χ0) is 19.7. The number of carbonyl (C=O) groups excluding carboxylic acids is 1. The van der Waals surface area contributed by atoms with E-state index in [1.165, 1.54) is 4.90 Å². The van der Waals surface area contributed by atoms with E-state index in [4.69, 9.17) is 11.6 Å². The minimum atomic E-state index is -4.92. The van der Waals surface area contributed by atoms with Crippen LogP contribution in [-0.4, -0.2) is 42.2 Å². The van der Waals surface area contributed by atoms with Gasteiger partial charge in [0, 0.05) is 24.3 Å². The van der Waals surface area contributed by atoms with Crippen LogP contribution < -0.4 is 0 Å². The van der Waals surface area contributed by atoms with Crippen molar-refractivity contribution in [3.05, 3.63) is 41.0 Å². The Bertz CT molecular complexity index is 922. The van der Waals surface area contributed by atoms with E-state index < -0.39 is 37.5 Å². The van der Waals surface area contributed by atoms with Crippen LogP contribution in [0.15, 0.2) is 40.4 Å². The summed E-state index contributed by atoms with van der Waals surface area (Å²) in [5.41, 5.74) is -1.39. The van der Waals surface area contributed by atoms with Crippen LogP contribution in [0.4, 0.5) is 18.0 Å². The molecule has 142 valence electrons. The number of benzene rings is 1. The van der Waals surface area contributed by atoms with Gasteiger partial charge in [0.2, 0.25) is 9.84 Å². The van der Waals surface area contributed by atoms with Gasteiger partial charge in [-0.2, -0.15) is 23.0 Å². The predicted molar refractivity (Wildman–Crippen MR) is 87.8 cm³/mol. The number of alkyl halides is 3. The molecular weight excluding hydrogens is 395 g/mol. The van der Waals surface area contributed by atoms with E-state index in [1.807, 2.05) is 0 Å². The molecule has 0 fully saturated rings. The Morgan fingerprint density at radius 2 is 1.85 bits per heavy atom. The maximum absolute atomic E-state index is 13.2. The molecule has 2 rings (SSSR count). The highest BCUT2D eigenvalue weighted by molar-refractivity contribution is 7.91. The fourth-order valence-electron chi connectivity index (χ4n) is 2.27. The number of carbonyl (C=O) groups is 1. The Balaban J connectivity index is 2.52. The van der Waals surface area contributed by atoms with Crippen LogP contribution in [0.1, 0.15) is 19.4 Å². The molecule has 1 amide bonds. The van der Waals surface area contributed by atoms with E-state index in [1.54, 1.807) is 13.8 Å². The lowest BCUT2D eigenvalue weighted by molar-refractivity contribution is -0.139. The molecule has 0 saturated heterocycles. The first-order valence-corrected chi connectivity index (χ1v) is 9.35. The van der Waals surface area contributed by atoms with Crippen LogP contribution in [0.25, 0.3) is 0 Å². The van der Waals surface area contributed by atoms with Gasteiger partial charge in [0.15, 0.2) is 5.03 Å². The Kier molecular flexibility index (Phi) is 5.67. The third kappa shape index (κ3) is 3.85. The van der Waals surface area contributed by atoms with Crippen LogP contribution in [0.2, 0.25) is 5.02 Å². The van der Waals surface area contributed by atoms with Gasteiger partial charge in [0.25, 0.3) is 0 Å². The van der Waals surface area contributed by atoms with E-state index >= 15 is 0 Å². The molecule has 0 aliphatic carbocycles. The zero-order valence-electron chi connectivity index (χ0n) is 13.8. The highest BCUT2D eigenvalue weighted by atomic mass is 35.5. The van der Waals surface area contributed by atoms with E-state index in [-0.39, 0.29) is 5.02 Å². The van der Waals surface area contributed by atoms with Gasteiger partial charge >= 0.3 is 12.2 Å². The molecule has 0 bridgehead atoms. The molecule has 0 unspecified atom stereocenters. The molecule has 26 heavy (non-hydrogen) atoms. The summed E-state index contributed by atoms with van der Waals surface area (Å²) in [7, 11) is -4.60. The minimum absolute atomic E-state index is 0.251. The summed E-state index contributed by atoms with van der Waals surface area (Å²) >= 11 is 5.57. The number of sulfone groups is 1. The van der Waals surface area contributed by atoms with E-state index in [0.717, 1.165) is 29.1 Å². The lowest BCUT2D eigenvalue weighted by Crippen LogP contribution is -2.34. The third-order valence-electron chi connectivity index (χ3n) is 3.61. The summed E-state index contributed by atoms with van der Waals surface area (Å²) in [6.45, 7) is 4.19. The number of amides is 1. The van der Waals surface area contributed by atoms with Crippen molar-refractivity contribution >= 4 is 27.5 Å². The molecular formula is C15H15ClF3N3O3S. The largest absolute Gasteiger partial charge is 0.417 e. The Morgan fingerprint density at radius 3 is 2.38 bits per heavy atom. The summed E-state index contributed by atoms with van der Waals surface area (Å²) in [6, 6.07) is 2.74. The quantitative estimate of drug-likeness (QED) is 0.771. The number of nitrogens with zero attached hydrogens (tertiary/aromatic N) is 3. The van der Waals surface area contributed by atoms with Gasteiger partial charge < -0.3 is 4.90 Å². The highest BCUT2D eigenvalue weighted by Crippen LogP contribution is 2.37. The molecule has 1 aromatic heterocycles. The van der Waals surface area contributed by atoms with E-state index in [0.29, 0.717) is 19.2 Å². The van der Waals surface area contributed by atoms with Crippen LogP contribution in [0.5, 0.6) is 0 Å². The van der Waals surface area contributed by atoms with E-state index in [2.05, 4.69) is 5.10 Å². The van der Waals surface area contributed by atoms with Crippen LogP contribution >= 0.6 is 11.6 Å². The molecule has 0 saturated carbocycles. The molecule has 0 aliphatic heterocycles. The van der Waals surface area contributed by atoms with Gasteiger partial charge in [-0.15, -0.1) is 0 Å². The van der Waals surface area contributed by atoms with Gasteiger partial charge in [-0.25, -0.2) is 13.2 Å². The first kappa shape index (κ1) is 20.2. The molecule has 0 spiro atoms. The van der Waals surface area contributed by atoms with Gasteiger partial charge in [-0.05, 0) is 38.1 Å². The number of hydrogen-bond donors (Lipinski definition) is 0. The Hall–Kier alpha value is -2.07. The molecule has 1 heterocycles. The average Bonchev–Trinajstić information content (AvgIpc) is 3.05. The Labute approximate surface area is 153 Å². The first-order chi connectivity index (χ1) is 12.0. The van der Waals surface area contributed by atoms with Gasteiger partial charge in [0.1, 0.15) is 0 Å². The summed E-state index contributed by atoms with van der Waals surface area (Å²) in [4.78, 5) is 12.6. The average molecular weight is 410 g/mol. The van der Waals surface area contributed by atoms with E-state index in [9.17, 15) is 26.4 Å². The van der Waals surface area contributed by atoms with Gasteiger partial charge in [-0.3, -0.25) is 0 Å². The highest BCUT2D eigenvalue weighted by Gasteiger charge is 2.38. The van der Waals surface area contributed by atoms with Crippen molar-refractivity contribution in [2.24, 2.45) is 0 Å². The van der Waals surface area contributed by atoms with Crippen molar-refractivity contribution in [2.45, 2.75) is 29.9 Å². The van der Waals surface area contributed by atoms with Crippen molar-refractivity contribution in [1.29, 1.82) is 0 Å². The van der Waals surface area contributed by atoms with Crippen molar-refractivity contribution < 1.29 is 26.4 Å². The van der Waals surface area contributed by atoms with Crippen molar-refractivity contribution in [3.63, 3.8) is 0 Å². The summed E-state index contributed by atoms with van der Waals surface area (Å²) < 4.78 is 65.6. The number of aromatic nitrogens is 2. The number of rotatable bonds is 4. The normalized spacial score (nSPS) is 12.2. The lowest BCUT2D eigenvalue weighted by atomic mass is 10.2. The summed E-state index contributed by atoms with van der Waals surface area (Å²) in [6.07, 6.45) is -3.83. The summed E-state index contributed by atoms with van der Waals surface area (Å²) in [5, 5.41) is 2.75. The second-order valence-electron chi connectivity index (χ2n) is 5.20. The van der Waals surface area contributed by atoms with Crippen molar-refractivity contribution in [1.82, 2.24) is 14.7 Å². The van der Waals surface area contributed by atoms with Crippen LogP contribution in [-0.2, 0) is 16.0 Å². The molecule has 0 atom stereocenters. The topological polar surface area (TPSA) is 72.3 Å². The SMILES string of the molecule is CCN(CC)C(=O)n1ccc(S(=O)(=O)c2ccc(Cl)cc2C(F)(F)F)n1. The minimum Gasteiger partial charge on any atom is -0.323 e. The lowest BCUT2D eigenvalue weighted by Gasteiger charge is -2.17. The fraction of sp³-hybridized carbons (Fsp3) is 0.333. The predicted octanol–water partition coefficient (Wildman–Crippen LogP) is 3.70. The second kappa shape index (κ2) is 7.28. The molecule has 11 heteroatoms. The Morgan fingerprint density at radius 1 is 1.23 bits per heavy atom. The molecule has 0 radical (unpaired) electrons. The third-order valence-corrected chi connectivity index (χ3v) is 5.54. The molecule has 0 aliphatic rings. The monoisotopic (exact) mass is 409 g/mol. The second-order valence-corrected chi connectivity index (χ2v) is 7.50. The molecule has 1 aromatic carbocycles.